The number of hydrogen-bond acceptors (Lipinski definition) is 7. The van der Waals surface area contributed by atoms with Crippen molar-refractivity contribution >= 4 is 23.8 Å². The summed E-state index contributed by atoms with van der Waals surface area (Å²) in [5.74, 6) is -1.69. The Morgan fingerprint density at radius 3 is 1.95 bits per heavy atom. The highest BCUT2D eigenvalue weighted by molar-refractivity contribution is 5.68. The highest BCUT2D eigenvalue weighted by atomic mass is 16.7. The second-order valence-corrected chi connectivity index (χ2v) is 2.45. The number of rotatable bonds is 4. The van der Waals surface area contributed by atoms with Crippen molar-refractivity contribution in [3.8, 4) is 0 Å². The van der Waals surface area contributed by atoms with E-state index in [0.29, 0.717) is 0 Å². The van der Waals surface area contributed by atoms with Gasteiger partial charge in [-0.05, 0) is 21.3 Å². The Labute approximate surface area is 108 Å². The van der Waals surface area contributed by atoms with Gasteiger partial charge in [0.25, 0.3) is 0 Å². The van der Waals surface area contributed by atoms with Gasteiger partial charge < -0.3 is 9.97 Å². The highest BCUT2D eigenvalue weighted by Gasteiger charge is 1.99. The van der Waals surface area contributed by atoms with Gasteiger partial charge in [0, 0.05) is 9.82 Å². The van der Waals surface area contributed by atoms with Crippen LogP contribution < -0.4 is 16.9 Å². The molecule has 0 unspecified atom stereocenters. The van der Waals surface area contributed by atoms with Crippen molar-refractivity contribution in [3.05, 3.63) is 36.4 Å². The van der Waals surface area contributed by atoms with Crippen molar-refractivity contribution < 1.29 is 10.4 Å². The maximum absolute atomic E-state index is 10.0. The fourth-order valence-corrected chi connectivity index (χ4v) is 0.631. The predicted octanol–water partition coefficient (Wildman–Crippen LogP) is -1.03. The molecule has 0 amide bonds. The monoisotopic (exact) mass is 282 g/mol. The Morgan fingerprint density at radius 1 is 1.25 bits per heavy atom. The lowest BCUT2D eigenvalue weighted by atomic mass is 10.8. The van der Waals surface area contributed by atoms with Crippen molar-refractivity contribution in [1.29, 1.82) is 0 Å². The van der Waals surface area contributed by atoms with Crippen LogP contribution in [0.1, 0.15) is 0 Å². The standard InChI is InChI=1S/C3N11O2.CH5N3/c4-12-9-1-6-2(10-13-5)8-3(7-1)11-14(15)16;2-1(3)4/h;(H5,2,3,4)/q-1;/p+1. The third-order valence-electron chi connectivity index (χ3n) is 1.04. The molecule has 1 heterocycles. The molecule has 0 radical (unpaired) electrons. The van der Waals surface area contributed by atoms with E-state index in [1.165, 1.54) is 0 Å². The van der Waals surface area contributed by atoms with Crippen molar-refractivity contribution in [1.82, 2.24) is 15.0 Å². The Morgan fingerprint density at radius 2 is 1.65 bits per heavy atom. The lowest BCUT2D eigenvalue weighted by molar-refractivity contribution is -0.419. The molecule has 0 saturated heterocycles. The number of azide groups is 2. The van der Waals surface area contributed by atoms with Gasteiger partial charge in [-0.25, -0.2) is 15.1 Å². The second kappa shape index (κ2) is 8.23. The van der Waals surface area contributed by atoms with Crippen LogP contribution in [-0.2, 0) is 0 Å². The van der Waals surface area contributed by atoms with E-state index in [1.807, 2.05) is 0 Å². The van der Waals surface area contributed by atoms with E-state index in [2.05, 4.69) is 57.3 Å². The number of nitrogens with zero attached hydrogens (tertiary/aromatic N) is 11. The topological polar surface area (TPSA) is 271 Å². The maximum atomic E-state index is 10.0. The van der Waals surface area contributed by atoms with Crippen LogP contribution in [0, 0.1) is 10.1 Å². The van der Waals surface area contributed by atoms with Gasteiger partial charge >= 0.3 is 5.96 Å². The largest absolute Gasteiger partial charge is 0.336 e. The first kappa shape index (κ1) is 16.1. The molecule has 0 saturated carbocycles. The fraction of sp³-hybridized carbons (Fsp3) is 0. The van der Waals surface area contributed by atoms with Crippen LogP contribution in [0.5, 0.6) is 0 Å². The average molecular weight is 282 g/mol. The van der Waals surface area contributed by atoms with E-state index < -0.39 is 22.9 Å². The molecule has 1 aromatic rings. The van der Waals surface area contributed by atoms with Gasteiger partial charge in [-0.1, -0.05) is 5.43 Å². The average Bonchev–Trinajstić information content (AvgIpc) is 2.27. The maximum Gasteiger partial charge on any atom is 0.336 e. The summed E-state index contributed by atoms with van der Waals surface area (Å²) in [4.78, 5) is 24.7. The second-order valence-electron chi connectivity index (χ2n) is 2.45. The summed E-state index contributed by atoms with van der Waals surface area (Å²) in [6.07, 6.45) is 0. The van der Waals surface area contributed by atoms with Gasteiger partial charge in [0.05, 0.1) is 0 Å². The van der Waals surface area contributed by atoms with Crippen LogP contribution >= 0.6 is 0 Å². The van der Waals surface area contributed by atoms with E-state index in [0.717, 1.165) is 0 Å². The summed E-state index contributed by atoms with van der Waals surface area (Å²) >= 11 is 0. The summed E-state index contributed by atoms with van der Waals surface area (Å²) in [6.45, 7) is 0. The molecule has 0 aliphatic carbocycles. The smallest absolute Gasteiger partial charge is 0.335 e. The minimum absolute atomic E-state index is 0.0833. The number of nitrogens with two attached hydrogens (primary N) is 3. The third-order valence-corrected chi connectivity index (χ3v) is 1.04. The highest BCUT2D eigenvalue weighted by Crippen LogP contribution is 2.19. The molecule has 0 atom stereocenters. The zero-order valence-corrected chi connectivity index (χ0v) is 9.47. The van der Waals surface area contributed by atoms with Gasteiger partial charge in [0.1, 0.15) is 22.9 Å². The quantitative estimate of drug-likeness (QED) is 0.117. The van der Waals surface area contributed by atoms with Gasteiger partial charge in [-0.15, -0.1) is 0 Å². The Kier molecular flexibility index (Phi) is 6.62. The van der Waals surface area contributed by atoms with Crippen LogP contribution in [0.15, 0.2) is 10.2 Å². The minimum Gasteiger partial charge on any atom is -0.335 e. The Hall–Kier alpha value is -3.90. The normalized spacial score (nSPS) is 8.00. The Bertz CT molecular complexity index is 555. The number of guanidine groups is 1. The summed E-state index contributed by atoms with van der Waals surface area (Å²) in [5, 5.41) is 19.5. The lowest BCUT2D eigenvalue weighted by Gasteiger charge is -2.05. The molecule has 1 aromatic heterocycles. The number of hydrogen-bond donors (Lipinski definition) is 3. The van der Waals surface area contributed by atoms with Crippen LogP contribution in [0.2, 0.25) is 0 Å². The van der Waals surface area contributed by atoms with Crippen LogP contribution in [-0.4, -0.2) is 25.9 Å². The minimum atomic E-state index is -1.06. The molecule has 20 heavy (non-hydrogen) atoms. The molecular weight excluding hydrogens is 276 g/mol. The zero-order chi connectivity index (χ0) is 15.5. The van der Waals surface area contributed by atoms with Crippen molar-refractivity contribution in [2.75, 3.05) is 0 Å². The molecule has 0 fully saturated rings. The van der Waals surface area contributed by atoms with E-state index in [1.54, 1.807) is 0 Å². The van der Waals surface area contributed by atoms with Crippen LogP contribution in [0.3, 0.4) is 0 Å². The molecule has 0 bridgehead atoms. The van der Waals surface area contributed by atoms with Crippen LogP contribution in [0.4, 0.5) is 17.8 Å². The van der Waals surface area contributed by atoms with Gasteiger partial charge in [0.15, 0.2) is 0 Å². The van der Waals surface area contributed by atoms with Gasteiger partial charge in [-0.3, -0.25) is 16.9 Å². The lowest BCUT2D eigenvalue weighted by Crippen LogP contribution is -2.51. The van der Waals surface area contributed by atoms with Gasteiger partial charge in [0.2, 0.25) is 0 Å². The Balaban J connectivity index is 0.000000796. The zero-order valence-electron chi connectivity index (χ0n) is 9.47. The first-order valence-corrected chi connectivity index (χ1v) is 4.24. The molecular formula is C4H6N14O2. The molecule has 104 valence electrons. The molecule has 0 aromatic carbocycles. The summed E-state index contributed by atoms with van der Waals surface area (Å²) in [7, 11) is 0. The van der Waals surface area contributed by atoms with Crippen molar-refractivity contribution in [2.45, 2.75) is 0 Å². The first-order valence-electron chi connectivity index (χ1n) is 4.24. The summed E-state index contributed by atoms with van der Waals surface area (Å²) in [5.41, 5.74) is 28.1. The molecule has 0 aliphatic heterocycles. The molecule has 1 rings (SSSR count). The third kappa shape index (κ3) is 7.39. The molecule has 0 aliphatic rings. The number of nitro groups is 1. The van der Waals surface area contributed by atoms with E-state index in [-0.39, 0.29) is 5.96 Å². The fourth-order valence-electron chi connectivity index (χ4n) is 0.631. The van der Waals surface area contributed by atoms with Crippen molar-refractivity contribution in [3.63, 3.8) is 0 Å². The number of aromatic nitrogens is 3. The first-order chi connectivity index (χ1) is 9.38. The summed E-state index contributed by atoms with van der Waals surface area (Å²) in [6, 6.07) is 0. The van der Waals surface area contributed by atoms with Gasteiger partial charge in [-0.2, -0.15) is 0 Å². The van der Waals surface area contributed by atoms with Crippen molar-refractivity contribution in [2.24, 2.45) is 21.7 Å². The van der Waals surface area contributed by atoms with E-state index >= 15 is 0 Å². The molecule has 0 spiro atoms. The predicted molar refractivity (Wildman–Crippen MR) is 62.8 cm³/mol. The summed E-state index contributed by atoms with van der Waals surface area (Å²) < 4.78 is 0. The molecule has 16 nitrogen and oxygen atoms in total. The molecule has 16 heteroatoms. The van der Waals surface area contributed by atoms with E-state index in [9.17, 15) is 10.1 Å². The van der Waals surface area contributed by atoms with Crippen LogP contribution in [0.25, 0.3) is 26.3 Å². The SMILES string of the molecule is NC(N)=[NH2+].[N-]=[N+]=Nc1nc(N=[N+]=[N-])nc([N-][N+](=O)[O-])n1. The molecule has 6 N–H and O–H groups in total. The van der Waals surface area contributed by atoms with E-state index in [4.69, 9.17) is 11.1 Å².